The number of hydrogen-bond donors (Lipinski definition) is 0. The van der Waals surface area contributed by atoms with Gasteiger partial charge in [0.05, 0.1) is 7.11 Å². The van der Waals surface area contributed by atoms with E-state index in [2.05, 4.69) is 48.5 Å². The molecule has 3 aromatic rings. The Morgan fingerprint density at radius 1 is 0.848 bits per heavy atom. The minimum atomic E-state index is 0.0656. The maximum absolute atomic E-state index is 6.75. The normalized spacial score (nSPS) is 19.1. The molecule has 1 saturated heterocycles. The summed E-state index contributed by atoms with van der Waals surface area (Å²) >= 11 is 10.1. The molecule has 2 aliphatic heterocycles. The van der Waals surface area contributed by atoms with Crippen molar-refractivity contribution in [3.8, 4) is 5.75 Å². The predicted octanol–water partition coefficient (Wildman–Crippen LogP) is 8.11. The Kier molecular flexibility index (Phi) is 7.05. The molecule has 0 aliphatic carbocycles. The molecule has 2 heterocycles. The van der Waals surface area contributed by atoms with Gasteiger partial charge >= 0.3 is 0 Å². The lowest BCUT2D eigenvalue weighted by molar-refractivity contribution is 0.375. The number of hydrogen-bond acceptors (Lipinski definition) is 4. The van der Waals surface area contributed by atoms with Crippen LogP contribution in [0.1, 0.15) is 29.0 Å². The average molecular weight is 493 g/mol. The monoisotopic (exact) mass is 492 g/mol. The molecule has 1 fully saturated rings. The van der Waals surface area contributed by atoms with Gasteiger partial charge in [0.25, 0.3) is 0 Å². The van der Waals surface area contributed by atoms with Gasteiger partial charge in [-0.05, 0) is 71.5 Å². The Morgan fingerprint density at radius 3 is 2.21 bits per heavy atom. The fraction of sp³-hybridized carbons (Fsp3) is 0.214. The molecule has 2 aliphatic rings. The first-order valence-corrected chi connectivity index (χ1v) is 13.5. The molecule has 5 heteroatoms. The topological polar surface area (TPSA) is 18.5 Å². The molecule has 1 atom stereocenters. The summed E-state index contributed by atoms with van der Waals surface area (Å²) in [6.07, 6.45) is 3.48. The van der Waals surface area contributed by atoms with Gasteiger partial charge in [-0.25, -0.2) is 0 Å². The molecule has 1 unspecified atom stereocenters. The highest BCUT2D eigenvalue weighted by molar-refractivity contribution is 8.17. The highest BCUT2D eigenvalue weighted by atomic mass is 35.5. The second-order valence-corrected chi connectivity index (χ2v) is 11.1. The Balaban J connectivity index is 1.67. The maximum atomic E-state index is 6.75. The van der Waals surface area contributed by atoms with Crippen LogP contribution in [0.4, 0.5) is 0 Å². The number of benzene rings is 3. The van der Waals surface area contributed by atoms with Crippen LogP contribution in [0.2, 0.25) is 5.02 Å². The summed E-state index contributed by atoms with van der Waals surface area (Å²) in [5, 5.41) is 0.723. The van der Waals surface area contributed by atoms with E-state index < -0.39 is 0 Å². The number of allylic oxidation sites excluding steroid dienone is 2. The van der Waals surface area contributed by atoms with Gasteiger partial charge in [0.2, 0.25) is 0 Å². The zero-order valence-electron chi connectivity index (χ0n) is 18.4. The molecule has 0 saturated carbocycles. The van der Waals surface area contributed by atoms with E-state index in [1.54, 1.807) is 7.11 Å². The van der Waals surface area contributed by atoms with Crippen LogP contribution in [-0.4, -0.2) is 23.2 Å². The van der Waals surface area contributed by atoms with Gasteiger partial charge in [-0.2, -0.15) is 0 Å². The van der Waals surface area contributed by atoms with Gasteiger partial charge in [-0.15, -0.1) is 23.5 Å². The third-order valence-corrected chi connectivity index (χ3v) is 8.99. The first kappa shape index (κ1) is 22.5. The summed E-state index contributed by atoms with van der Waals surface area (Å²) in [7, 11) is 1.70. The Morgan fingerprint density at radius 2 is 1.55 bits per heavy atom. The van der Waals surface area contributed by atoms with Gasteiger partial charge in [0.15, 0.2) is 0 Å². The summed E-state index contributed by atoms with van der Waals surface area (Å²) < 4.78 is 12.4. The van der Waals surface area contributed by atoms with E-state index in [1.165, 1.54) is 23.1 Å². The smallest absolute Gasteiger partial charge is 0.132 e. The third-order valence-electron chi connectivity index (χ3n) is 5.84. The van der Waals surface area contributed by atoms with E-state index >= 15 is 0 Å². The maximum Gasteiger partial charge on any atom is 0.132 e. The number of rotatable bonds is 5. The fourth-order valence-corrected chi connectivity index (χ4v) is 7.17. The van der Waals surface area contributed by atoms with Crippen molar-refractivity contribution < 1.29 is 9.47 Å². The van der Waals surface area contributed by atoms with E-state index in [1.807, 2.05) is 59.9 Å². The summed E-state index contributed by atoms with van der Waals surface area (Å²) in [5.74, 6) is 5.17. The minimum Gasteiger partial charge on any atom is -0.497 e. The van der Waals surface area contributed by atoms with Crippen molar-refractivity contribution in [3.63, 3.8) is 0 Å². The SMILES string of the molecule is COc1ccc(C2C=C(c3ccc(Cl)cc3)OC(C3SCCCS3)=C2c2ccccc2)cc1. The van der Waals surface area contributed by atoms with Crippen molar-refractivity contribution >= 4 is 46.5 Å². The predicted molar refractivity (Wildman–Crippen MR) is 143 cm³/mol. The van der Waals surface area contributed by atoms with Gasteiger partial charge < -0.3 is 9.47 Å². The largest absolute Gasteiger partial charge is 0.497 e. The molecule has 0 spiro atoms. The van der Waals surface area contributed by atoms with Crippen molar-refractivity contribution in [1.82, 2.24) is 0 Å². The second kappa shape index (κ2) is 10.3. The van der Waals surface area contributed by atoms with Gasteiger partial charge in [0.1, 0.15) is 21.8 Å². The quantitative estimate of drug-likeness (QED) is 0.358. The van der Waals surface area contributed by atoms with Crippen LogP contribution < -0.4 is 4.74 Å². The molecular formula is C28H25ClO2S2. The van der Waals surface area contributed by atoms with Crippen LogP contribution in [0.3, 0.4) is 0 Å². The van der Waals surface area contributed by atoms with Crippen molar-refractivity contribution in [1.29, 1.82) is 0 Å². The van der Waals surface area contributed by atoms with Gasteiger partial charge in [0, 0.05) is 22.1 Å². The molecule has 0 amide bonds. The molecule has 168 valence electrons. The molecule has 0 aromatic heterocycles. The van der Waals surface area contributed by atoms with Crippen LogP contribution in [0.25, 0.3) is 11.3 Å². The molecule has 0 radical (unpaired) electrons. The molecule has 2 nitrogen and oxygen atoms in total. The lowest BCUT2D eigenvalue weighted by atomic mass is 9.83. The summed E-state index contributed by atoms with van der Waals surface area (Å²) in [5.41, 5.74) is 4.69. The van der Waals surface area contributed by atoms with Crippen LogP contribution >= 0.6 is 35.1 Å². The van der Waals surface area contributed by atoms with Crippen LogP contribution in [-0.2, 0) is 4.74 Å². The number of ether oxygens (including phenoxy) is 2. The molecule has 3 aromatic carbocycles. The van der Waals surface area contributed by atoms with E-state index in [0.29, 0.717) is 0 Å². The van der Waals surface area contributed by atoms with E-state index in [0.717, 1.165) is 39.4 Å². The molecule has 0 N–H and O–H groups in total. The van der Waals surface area contributed by atoms with Gasteiger partial charge in [-0.1, -0.05) is 54.1 Å². The Hall–Kier alpha value is -2.27. The standard InChI is InChI=1S/C28H25ClO2S2/c1-30-23-14-10-19(11-15-23)24-18-25(20-8-12-22(29)13-9-20)31-27(28-32-16-5-17-33-28)26(24)21-6-3-2-4-7-21/h2-4,6-15,18,24,28H,5,16-17H2,1H3. The number of thioether (sulfide) groups is 2. The Bertz CT molecular complexity index is 1150. The summed E-state index contributed by atoms with van der Waals surface area (Å²) in [6, 6.07) is 26.9. The minimum absolute atomic E-state index is 0.0656. The molecule has 0 bridgehead atoms. The first-order chi connectivity index (χ1) is 16.2. The highest BCUT2D eigenvalue weighted by Gasteiger charge is 2.33. The fourth-order valence-electron chi connectivity index (χ4n) is 4.19. The number of halogens is 1. The van der Waals surface area contributed by atoms with E-state index in [-0.39, 0.29) is 10.5 Å². The van der Waals surface area contributed by atoms with Crippen LogP contribution in [0.15, 0.2) is 90.7 Å². The zero-order chi connectivity index (χ0) is 22.6. The lowest BCUT2D eigenvalue weighted by Crippen LogP contribution is -2.19. The zero-order valence-corrected chi connectivity index (χ0v) is 20.8. The molecular weight excluding hydrogens is 468 g/mol. The molecule has 5 rings (SSSR count). The third kappa shape index (κ3) is 4.98. The average Bonchev–Trinajstić information content (AvgIpc) is 2.89. The van der Waals surface area contributed by atoms with E-state index in [4.69, 9.17) is 21.1 Å². The highest BCUT2D eigenvalue weighted by Crippen LogP contribution is 2.49. The number of methoxy groups -OCH3 is 1. The van der Waals surface area contributed by atoms with Crippen molar-refractivity contribution in [3.05, 3.63) is 112 Å². The van der Waals surface area contributed by atoms with Crippen molar-refractivity contribution in [2.24, 2.45) is 0 Å². The van der Waals surface area contributed by atoms with Crippen LogP contribution in [0.5, 0.6) is 5.75 Å². The van der Waals surface area contributed by atoms with Crippen LogP contribution in [0, 0.1) is 0 Å². The van der Waals surface area contributed by atoms with Crippen molar-refractivity contribution in [2.75, 3.05) is 18.6 Å². The second-order valence-electron chi connectivity index (χ2n) is 7.96. The Labute approximate surface area is 209 Å². The summed E-state index contributed by atoms with van der Waals surface area (Å²) in [6.45, 7) is 0. The first-order valence-electron chi connectivity index (χ1n) is 11.0. The lowest BCUT2D eigenvalue weighted by Gasteiger charge is -2.33. The molecule has 33 heavy (non-hydrogen) atoms. The van der Waals surface area contributed by atoms with Gasteiger partial charge in [-0.3, -0.25) is 0 Å². The van der Waals surface area contributed by atoms with E-state index in [9.17, 15) is 0 Å². The van der Waals surface area contributed by atoms with Crippen molar-refractivity contribution in [2.45, 2.75) is 16.9 Å². The summed E-state index contributed by atoms with van der Waals surface area (Å²) in [4.78, 5) is 0.